The molecule has 2 saturated heterocycles. The van der Waals surface area contributed by atoms with Gasteiger partial charge in [0.25, 0.3) is 5.91 Å². The molecule has 5 rings (SSSR count). The zero-order chi connectivity index (χ0) is 27.6. The summed E-state index contributed by atoms with van der Waals surface area (Å²) in [6, 6.07) is 20.7. The van der Waals surface area contributed by atoms with E-state index in [1.165, 1.54) is 4.90 Å². The van der Waals surface area contributed by atoms with Crippen LogP contribution in [0.4, 0.5) is 4.79 Å². The van der Waals surface area contributed by atoms with Crippen molar-refractivity contribution < 1.29 is 29.0 Å². The van der Waals surface area contributed by atoms with Gasteiger partial charge in [0.05, 0.1) is 18.3 Å². The first-order chi connectivity index (χ1) is 18.8. The van der Waals surface area contributed by atoms with Crippen molar-refractivity contribution >= 4 is 24.0 Å². The molecule has 1 aromatic heterocycles. The Balaban J connectivity index is 1.47. The number of benzene rings is 2. The molecule has 0 saturated carbocycles. The normalized spacial score (nSPS) is 22.9. The Kier molecular flexibility index (Phi) is 7.17. The number of ether oxygens (including phenoxy) is 2. The SMILES string of the molecule is C[C@@]1(COC(N)=O)CC2/C(=C\c3cc(CO)ccn3)C(=O)N2[C@H]1C(=O)OC(c1ccccc1)c1ccccc1. The predicted molar refractivity (Wildman–Crippen MR) is 142 cm³/mol. The number of β-lactam (4-membered cyclic amide) rings is 1. The number of hydrogen-bond acceptors (Lipinski definition) is 7. The Labute approximate surface area is 225 Å². The fourth-order valence-corrected chi connectivity index (χ4v) is 5.44. The molecule has 200 valence electrons. The van der Waals surface area contributed by atoms with Crippen LogP contribution in [0.1, 0.15) is 41.8 Å². The molecule has 3 N–H and O–H groups in total. The van der Waals surface area contributed by atoms with Gasteiger partial charge in [0.2, 0.25) is 0 Å². The van der Waals surface area contributed by atoms with Crippen LogP contribution in [0.25, 0.3) is 6.08 Å². The number of aromatic nitrogens is 1. The van der Waals surface area contributed by atoms with E-state index < -0.39 is 35.7 Å². The second-order valence-corrected chi connectivity index (χ2v) is 10.1. The summed E-state index contributed by atoms with van der Waals surface area (Å²) in [6.07, 6.45) is 1.93. The monoisotopic (exact) mass is 527 g/mol. The van der Waals surface area contributed by atoms with E-state index in [4.69, 9.17) is 15.2 Å². The van der Waals surface area contributed by atoms with Gasteiger partial charge in [-0.2, -0.15) is 0 Å². The molecule has 9 heteroatoms. The Morgan fingerprint density at radius 2 is 1.77 bits per heavy atom. The summed E-state index contributed by atoms with van der Waals surface area (Å²) in [5, 5.41) is 9.45. The lowest BCUT2D eigenvalue weighted by atomic mass is 9.81. The number of amides is 2. The highest BCUT2D eigenvalue weighted by Gasteiger charge is 2.63. The van der Waals surface area contributed by atoms with Crippen LogP contribution < -0.4 is 5.73 Å². The lowest BCUT2D eigenvalue weighted by Crippen LogP contribution is -2.58. The molecule has 2 aliphatic heterocycles. The Morgan fingerprint density at radius 1 is 1.13 bits per heavy atom. The predicted octanol–water partition coefficient (Wildman–Crippen LogP) is 3.37. The molecule has 2 aliphatic rings. The van der Waals surface area contributed by atoms with E-state index in [9.17, 15) is 19.5 Å². The first kappa shape index (κ1) is 26.1. The number of nitrogens with two attached hydrogens (primary N) is 1. The molecular weight excluding hydrogens is 498 g/mol. The number of primary amides is 1. The number of fused-ring (bicyclic) bond motifs is 1. The Bertz CT molecular complexity index is 1370. The highest BCUT2D eigenvalue weighted by molar-refractivity contribution is 6.08. The molecule has 0 spiro atoms. The summed E-state index contributed by atoms with van der Waals surface area (Å²) >= 11 is 0. The summed E-state index contributed by atoms with van der Waals surface area (Å²) in [5.41, 5.74) is 7.56. The van der Waals surface area contributed by atoms with Gasteiger partial charge in [-0.15, -0.1) is 0 Å². The van der Waals surface area contributed by atoms with Crippen molar-refractivity contribution in [2.75, 3.05) is 6.61 Å². The summed E-state index contributed by atoms with van der Waals surface area (Å²) in [4.78, 5) is 44.6. The third kappa shape index (κ3) is 5.13. The average Bonchev–Trinajstić information content (AvgIpc) is 3.24. The number of hydrogen-bond donors (Lipinski definition) is 2. The quantitative estimate of drug-likeness (QED) is 0.261. The van der Waals surface area contributed by atoms with Crippen molar-refractivity contribution in [3.05, 3.63) is 107 Å². The highest BCUT2D eigenvalue weighted by Crippen LogP contribution is 2.50. The van der Waals surface area contributed by atoms with E-state index in [2.05, 4.69) is 4.98 Å². The molecule has 0 aliphatic carbocycles. The molecule has 39 heavy (non-hydrogen) atoms. The van der Waals surface area contributed by atoms with Crippen LogP contribution in [0.3, 0.4) is 0 Å². The minimum absolute atomic E-state index is 0.150. The average molecular weight is 528 g/mol. The second-order valence-electron chi connectivity index (χ2n) is 10.1. The van der Waals surface area contributed by atoms with E-state index in [-0.39, 0.29) is 19.1 Å². The molecule has 9 nitrogen and oxygen atoms in total. The maximum atomic E-state index is 13.9. The van der Waals surface area contributed by atoms with Crippen LogP contribution in [0.5, 0.6) is 0 Å². The van der Waals surface area contributed by atoms with Gasteiger partial charge in [0.15, 0.2) is 6.10 Å². The largest absolute Gasteiger partial charge is 0.451 e. The first-order valence-electron chi connectivity index (χ1n) is 12.6. The standard InChI is InChI=1S/C30H29N3O6/c1-30(18-38-29(31)37)16-24-23(15-22-14-19(17-34)12-13-32-22)27(35)33(24)26(30)28(36)39-25(20-8-4-2-5-9-20)21-10-6-3-7-11-21/h2-15,24-26,34H,16-18H2,1H3,(H2,31,37)/b23-15+/t24?,26-,30-/m0/s1. The molecule has 3 heterocycles. The highest BCUT2D eigenvalue weighted by atomic mass is 16.6. The number of rotatable bonds is 8. The van der Waals surface area contributed by atoms with E-state index in [1.807, 2.05) is 60.7 Å². The van der Waals surface area contributed by atoms with Crippen LogP contribution in [-0.2, 0) is 25.7 Å². The van der Waals surface area contributed by atoms with Gasteiger partial charge in [-0.05, 0) is 41.3 Å². The van der Waals surface area contributed by atoms with Crippen LogP contribution >= 0.6 is 0 Å². The third-order valence-electron chi connectivity index (χ3n) is 7.31. The maximum absolute atomic E-state index is 13.9. The minimum atomic E-state index is -1.00. The topological polar surface area (TPSA) is 132 Å². The molecular formula is C30H29N3O6. The van der Waals surface area contributed by atoms with Gasteiger partial charge in [0.1, 0.15) is 12.6 Å². The second kappa shape index (κ2) is 10.7. The van der Waals surface area contributed by atoms with E-state index in [0.717, 1.165) is 11.1 Å². The Hall–Kier alpha value is -4.50. The van der Waals surface area contributed by atoms with Crippen molar-refractivity contribution in [3.63, 3.8) is 0 Å². The van der Waals surface area contributed by atoms with E-state index in [1.54, 1.807) is 31.3 Å². The van der Waals surface area contributed by atoms with Gasteiger partial charge in [-0.25, -0.2) is 9.59 Å². The molecule has 2 fully saturated rings. The molecule has 2 amide bonds. The fraction of sp³-hybridized carbons (Fsp3) is 0.267. The van der Waals surface area contributed by atoms with Crippen LogP contribution in [0.2, 0.25) is 0 Å². The minimum Gasteiger partial charge on any atom is -0.451 e. The van der Waals surface area contributed by atoms with Gasteiger partial charge in [0, 0.05) is 17.2 Å². The number of carbonyl (C=O) groups is 3. The maximum Gasteiger partial charge on any atom is 0.404 e. The Morgan fingerprint density at radius 3 is 2.36 bits per heavy atom. The van der Waals surface area contributed by atoms with Gasteiger partial charge in [-0.3, -0.25) is 9.78 Å². The van der Waals surface area contributed by atoms with Crippen molar-refractivity contribution in [1.82, 2.24) is 9.88 Å². The van der Waals surface area contributed by atoms with Crippen molar-refractivity contribution in [3.8, 4) is 0 Å². The number of nitrogens with zero attached hydrogens (tertiary/aromatic N) is 2. The lowest BCUT2D eigenvalue weighted by Gasteiger charge is -2.41. The fourth-order valence-electron chi connectivity index (χ4n) is 5.44. The van der Waals surface area contributed by atoms with E-state index in [0.29, 0.717) is 23.3 Å². The molecule has 3 aromatic rings. The van der Waals surface area contributed by atoms with Crippen LogP contribution in [0, 0.1) is 5.41 Å². The summed E-state index contributed by atoms with van der Waals surface area (Å²) in [5.74, 6) is -0.921. The molecule has 0 radical (unpaired) electrons. The third-order valence-corrected chi connectivity index (χ3v) is 7.31. The lowest BCUT2D eigenvalue weighted by molar-refractivity contribution is -0.163. The van der Waals surface area contributed by atoms with Crippen molar-refractivity contribution in [2.24, 2.45) is 11.1 Å². The van der Waals surface area contributed by atoms with Gasteiger partial charge in [-0.1, -0.05) is 67.6 Å². The zero-order valence-corrected chi connectivity index (χ0v) is 21.4. The molecule has 1 unspecified atom stereocenters. The number of pyridine rings is 1. The molecule has 2 aromatic carbocycles. The van der Waals surface area contributed by atoms with Crippen molar-refractivity contribution in [1.29, 1.82) is 0 Å². The van der Waals surface area contributed by atoms with Crippen molar-refractivity contribution in [2.45, 2.75) is 38.1 Å². The number of aliphatic hydroxyl groups excluding tert-OH is 1. The van der Waals surface area contributed by atoms with Gasteiger partial charge < -0.3 is 25.2 Å². The summed E-state index contributed by atoms with van der Waals surface area (Å²) in [7, 11) is 0. The smallest absolute Gasteiger partial charge is 0.404 e. The van der Waals surface area contributed by atoms with Crippen LogP contribution in [0.15, 0.2) is 84.6 Å². The number of esters is 1. The zero-order valence-electron chi connectivity index (χ0n) is 21.4. The number of carbonyl (C=O) groups excluding carboxylic acids is 3. The molecule has 0 bridgehead atoms. The first-order valence-corrected chi connectivity index (χ1v) is 12.6. The van der Waals surface area contributed by atoms with E-state index >= 15 is 0 Å². The summed E-state index contributed by atoms with van der Waals surface area (Å²) in [6.45, 7) is 1.48. The summed E-state index contributed by atoms with van der Waals surface area (Å²) < 4.78 is 11.3. The van der Waals surface area contributed by atoms with Crippen LogP contribution in [-0.4, -0.2) is 51.7 Å². The van der Waals surface area contributed by atoms with Gasteiger partial charge >= 0.3 is 12.1 Å². The number of aliphatic hydroxyl groups is 1. The molecule has 3 atom stereocenters.